The van der Waals surface area contributed by atoms with Crippen LogP contribution in [-0.4, -0.2) is 23.8 Å². The Balaban J connectivity index is 1.66. The smallest absolute Gasteiger partial charge is 0.0866 e. The van der Waals surface area contributed by atoms with Crippen molar-refractivity contribution in [2.24, 2.45) is 5.73 Å². The molecule has 3 aromatic carbocycles. The lowest BCUT2D eigenvalue weighted by atomic mass is 10.0. The number of benzene rings is 3. The molecule has 0 aliphatic rings. The van der Waals surface area contributed by atoms with Gasteiger partial charge in [0.1, 0.15) is 0 Å². The van der Waals surface area contributed by atoms with E-state index in [1.807, 2.05) is 66.7 Å². The molecule has 0 spiro atoms. The SMILES string of the molecule is N[C@@H](Cc1ccccc1)[C@H](O)CNc1ccc(Cl)cc1Nc1ccccc1Cl. The van der Waals surface area contributed by atoms with E-state index in [2.05, 4.69) is 10.6 Å². The Bertz CT molecular complexity index is 905. The van der Waals surface area contributed by atoms with Crippen molar-refractivity contribution in [1.82, 2.24) is 0 Å². The van der Waals surface area contributed by atoms with Crippen molar-refractivity contribution in [2.45, 2.75) is 18.6 Å². The van der Waals surface area contributed by atoms with Crippen molar-refractivity contribution in [2.75, 3.05) is 17.2 Å². The Morgan fingerprint density at radius 1 is 0.857 bits per heavy atom. The molecule has 6 heteroatoms. The zero-order valence-corrected chi connectivity index (χ0v) is 16.8. The maximum absolute atomic E-state index is 10.5. The first kappa shape index (κ1) is 20.5. The summed E-state index contributed by atoms with van der Waals surface area (Å²) in [6.45, 7) is 0.312. The molecule has 3 rings (SSSR count). The molecule has 0 aromatic heterocycles. The van der Waals surface area contributed by atoms with Crippen molar-refractivity contribution in [1.29, 1.82) is 0 Å². The van der Waals surface area contributed by atoms with Crippen molar-refractivity contribution < 1.29 is 5.11 Å². The normalized spacial score (nSPS) is 13.0. The molecule has 28 heavy (non-hydrogen) atoms. The zero-order chi connectivity index (χ0) is 19.9. The van der Waals surface area contributed by atoms with Gasteiger partial charge in [-0.05, 0) is 42.3 Å². The van der Waals surface area contributed by atoms with Crippen LogP contribution in [0, 0.1) is 0 Å². The number of nitrogens with one attached hydrogen (secondary N) is 2. The van der Waals surface area contributed by atoms with Crippen LogP contribution < -0.4 is 16.4 Å². The van der Waals surface area contributed by atoms with Gasteiger partial charge in [-0.1, -0.05) is 65.7 Å². The Labute approximate surface area is 175 Å². The topological polar surface area (TPSA) is 70.3 Å². The van der Waals surface area contributed by atoms with E-state index < -0.39 is 6.10 Å². The van der Waals surface area contributed by atoms with Gasteiger partial charge in [0, 0.05) is 17.6 Å². The molecule has 0 aliphatic carbocycles. The van der Waals surface area contributed by atoms with Gasteiger partial charge < -0.3 is 21.5 Å². The monoisotopic (exact) mass is 415 g/mol. The van der Waals surface area contributed by atoms with E-state index in [9.17, 15) is 5.11 Å². The lowest BCUT2D eigenvalue weighted by Crippen LogP contribution is -2.41. The molecule has 2 atom stereocenters. The maximum Gasteiger partial charge on any atom is 0.0866 e. The van der Waals surface area contributed by atoms with Crippen LogP contribution in [0.2, 0.25) is 10.0 Å². The number of aliphatic hydroxyl groups excluding tert-OH is 1. The van der Waals surface area contributed by atoms with Gasteiger partial charge in [0.05, 0.1) is 28.2 Å². The van der Waals surface area contributed by atoms with Crippen LogP contribution in [0.1, 0.15) is 5.56 Å². The van der Waals surface area contributed by atoms with Gasteiger partial charge in [-0.3, -0.25) is 0 Å². The number of anilines is 3. The van der Waals surface area contributed by atoms with E-state index in [1.165, 1.54) is 0 Å². The summed E-state index contributed by atoms with van der Waals surface area (Å²) in [6.07, 6.45) is -0.0984. The Hall–Kier alpha value is -2.24. The van der Waals surface area contributed by atoms with Crippen LogP contribution >= 0.6 is 23.2 Å². The fourth-order valence-electron chi connectivity index (χ4n) is 2.87. The zero-order valence-electron chi connectivity index (χ0n) is 15.3. The molecule has 0 bridgehead atoms. The first-order chi connectivity index (χ1) is 13.5. The number of rotatable bonds is 8. The second-order valence-electron chi connectivity index (χ2n) is 6.60. The molecule has 0 saturated carbocycles. The van der Waals surface area contributed by atoms with Crippen LogP contribution in [0.3, 0.4) is 0 Å². The predicted molar refractivity (Wildman–Crippen MR) is 119 cm³/mol. The minimum atomic E-state index is -0.705. The van der Waals surface area contributed by atoms with Crippen molar-refractivity contribution in [3.8, 4) is 0 Å². The second kappa shape index (κ2) is 9.80. The highest BCUT2D eigenvalue weighted by Crippen LogP contribution is 2.31. The molecule has 5 N–H and O–H groups in total. The van der Waals surface area contributed by atoms with E-state index in [-0.39, 0.29) is 6.04 Å². The second-order valence-corrected chi connectivity index (χ2v) is 7.44. The lowest BCUT2D eigenvalue weighted by Gasteiger charge is -2.21. The van der Waals surface area contributed by atoms with Crippen molar-refractivity contribution in [3.05, 3.63) is 88.4 Å². The molecule has 0 unspecified atom stereocenters. The highest BCUT2D eigenvalue weighted by atomic mass is 35.5. The van der Waals surface area contributed by atoms with Crippen LogP contribution in [0.5, 0.6) is 0 Å². The molecule has 0 amide bonds. The van der Waals surface area contributed by atoms with Crippen molar-refractivity contribution >= 4 is 40.3 Å². The summed E-state index contributed by atoms with van der Waals surface area (Å²) in [6, 6.07) is 22.5. The van der Waals surface area contributed by atoms with Crippen LogP contribution in [-0.2, 0) is 6.42 Å². The number of nitrogens with two attached hydrogens (primary N) is 1. The fraction of sp³-hybridized carbons (Fsp3) is 0.182. The Morgan fingerprint density at radius 2 is 1.57 bits per heavy atom. The Morgan fingerprint density at radius 3 is 2.32 bits per heavy atom. The molecular weight excluding hydrogens is 393 g/mol. The molecule has 0 saturated heterocycles. The van der Waals surface area contributed by atoms with E-state index in [4.69, 9.17) is 28.9 Å². The van der Waals surface area contributed by atoms with Gasteiger partial charge in [-0.25, -0.2) is 0 Å². The Kier molecular flexibility index (Phi) is 7.18. The molecule has 3 aromatic rings. The predicted octanol–water partition coefficient (Wildman–Crippen LogP) is 5.08. The molecule has 4 nitrogen and oxygen atoms in total. The molecule has 0 heterocycles. The van der Waals surface area contributed by atoms with Gasteiger partial charge in [0.25, 0.3) is 0 Å². The summed E-state index contributed by atoms with van der Waals surface area (Å²) < 4.78 is 0. The maximum atomic E-state index is 10.5. The van der Waals surface area contributed by atoms with E-state index in [0.29, 0.717) is 23.0 Å². The number of halogens is 2. The third-order valence-corrected chi connectivity index (χ3v) is 5.00. The highest BCUT2D eigenvalue weighted by molar-refractivity contribution is 6.33. The molecule has 146 valence electrons. The summed E-state index contributed by atoms with van der Waals surface area (Å²) in [5, 5.41) is 18.2. The van der Waals surface area contributed by atoms with Crippen LogP contribution in [0.25, 0.3) is 0 Å². The lowest BCUT2D eigenvalue weighted by molar-refractivity contribution is 0.156. The van der Waals surface area contributed by atoms with Gasteiger partial charge in [0.2, 0.25) is 0 Å². The van der Waals surface area contributed by atoms with Crippen molar-refractivity contribution in [3.63, 3.8) is 0 Å². The summed E-state index contributed by atoms with van der Waals surface area (Å²) >= 11 is 12.4. The average molecular weight is 416 g/mol. The molecule has 0 aliphatic heterocycles. The van der Waals surface area contributed by atoms with Gasteiger partial charge in [0.15, 0.2) is 0 Å². The summed E-state index contributed by atoms with van der Waals surface area (Å²) in [5.74, 6) is 0. The number of para-hydroxylation sites is 1. The van der Waals surface area contributed by atoms with E-state index in [0.717, 1.165) is 22.6 Å². The number of hydrogen-bond donors (Lipinski definition) is 4. The first-order valence-electron chi connectivity index (χ1n) is 9.05. The highest BCUT2D eigenvalue weighted by Gasteiger charge is 2.16. The minimum Gasteiger partial charge on any atom is -0.390 e. The molecule has 0 fully saturated rings. The third kappa shape index (κ3) is 5.63. The average Bonchev–Trinajstić information content (AvgIpc) is 2.69. The number of aliphatic hydroxyl groups is 1. The van der Waals surface area contributed by atoms with E-state index in [1.54, 1.807) is 6.07 Å². The standard InChI is InChI=1S/C22H23Cl2N3O/c23-16-10-11-20(21(13-16)27-19-9-5-4-8-17(19)24)26-14-22(28)18(25)12-15-6-2-1-3-7-15/h1-11,13,18,22,26-28H,12,14,25H2/t18-,22+/m0/s1. The first-order valence-corrected chi connectivity index (χ1v) is 9.81. The number of hydrogen-bond acceptors (Lipinski definition) is 4. The largest absolute Gasteiger partial charge is 0.390 e. The molecule has 0 radical (unpaired) electrons. The van der Waals surface area contributed by atoms with Gasteiger partial charge in [-0.2, -0.15) is 0 Å². The summed E-state index contributed by atoms with van der Waals surface area (Å²) in [5.41, 5.74) is 9.62. The van der Waals surface area contributed by atoms with Crippen LogP contribution in [0.4, 0.5) is 17.1 Å². The minimum absolute atomic E-state index is 0.312. The van der Waals surface area contributed by atoms with Gasteiger partial charge >= 0.3 is 0 Å². The summed E-state index contributed by atoms with van der Waals surface area (Å²) in [7, 11) is 0. The molecular formula is C22H23Cl2N3O. The fourth-order valence-corrected chi connectivity index (χ4v) is 3.22. The van der Waals surface area contributed by atoms with Crippen LogP contribution in [0.15, 0.2) is 72.8 Å². The summed E-state index contributed by atoms with van der Waals surface area (Å²) in [4.78, 5) is 0. The quantitative estimate of drug-likeness (QED) is 0.413. The van der Waals surface area contributed by atoms with Gasteiger partial charge in [-0.15, -0.1) is 0 Å². The third-order valence-electron chi connectivity index (χ3n) is 4.43. The van der Waals surface area contributed by atoms with E-state index >= 15 is 0 Å².